The highest BCUT2D eigenvalue weighted by Gasteiger charge is 2.47. The van der Waals surface area contributed by atoms with Crippen LogP contribution in [-0.4, -0.2) is 55.7 Å². The van der Waals surface area contributed by atoms with Crippen molar-refractivity contribution in [1.82, 2.24) is 18.1 Å². The van der Waals surface area contributed by atoms with E-state index < -0.39 is 23.9 Å². The lowest BCUT2D eigenvalue weighted by molar-refractivity contribution is 0.0455. The Bertz CT molecular complexity index is 5760. The normalized spacial score (nSPS) is 12.7. The number of carbonyl (C=O) groups is 4. The van der Waals surface area contributed by atoms with E-state index in [1.165, 1.54) is 0 Å². The van der Waals surface area contributed by atoms with Crippen LogP contribution in [0.5, 0.6) is 0 Å². The number of ether oxygens (including phenoxy) is 4. The fourth-order valence-electron chi connectivity index (χ4n) is 16.4. The van der Waals surface area contributed by atoms with E-state index in [4.69, 9.17) is 18.9 Å². The molecule has 4 aliphatic heterocycles. The van der Waals surface area contributed by atoms with Gasteiger partial charge in [-0.2, -0.15) is 0 Å². The minimum Gasteiger partial charge on any atom is -0.457 e. The van der Waals surface area contributed by atoms with E-state index in [0.717, 1.165) is 132 Å². The maximum Gasteiger partial charge on any atom is 0.339 e. The van der Waals surface area contributed by atoms with E-state index >= 15 is 0 Å². The lowest BCUT2D eigenvalue weighted by atomic mass is 9.45. The summed E-state index contributed by atoms with van der Waals surface area (Å²) >= 11 is 0. The maximum absolute atomic E-state index is 15.0. The molecule has 0 atom stereocenters. The van der Waals surface area contributed by atoms with E-state index in [1.54, 1.807) is 12.1 Å². The highest BCUT2D eigenvalue weighted by atomic mass is 16.5. The van der Waals surface area contributed by atoms with Gasteiger partial charge < -0.3 is 37.0 Å². The molecule has 0 fully saturated rings. The Kier molecular flexibility index (Phi) is 11.6. The number of nitrogens with zero attached hydrogens (tertiary/aromatic N) is 4. The molecule has 4 aliphatic rings. The first kappa shape index (κ1) is 54.2. The van der Waals surface area contributed by atoms with Crippen LogP contribution >= 0.6 is 0 Å². The number of esters is 4. The molecule has 0 amide bonds. The highest BCUT2D eigenvalue weighted by molar-refractivity contribution is 6.92. The van der Waals surface area contributed by atoms with Gasteiger partial charge in [-0.05, 0) is 91.6 Å². The van der Waals surface area contributed by atoms with Crippen molar-refractivity contribution < 1.29 is 38.1 Å². The zero-order valence-electron chi connectivity index (χ0n) is 51.3. The van der Waals surface area contributed by atoms with E-state index in [0.29, 0.717) is 21.8 Å². The number of benzene rings is 12. The molecule has 0 radical (unpaired) electrons. The molecule has 12 nitrogen and oxygen atoms in total. The Balaban J connectivity index is 0.814. The maximum atomic E-state index is 15.0. The van der Waals surface area contributed by atoms with Crippen molar-refractivity contribution in [1.29, 1.82) is 0 Å². The van der Waals surface area contributed by atoms with Crippen molar-refractivity contribution in [3.05, 3.63) is 299 Å². The quantitative estimate of drug-likeness (QED) is 0.0673. The lowest BCUT2D eigenvalue weighted by Gasteiger charge is -2.34. The number of aromatic nitrogens is 4. The second-order valence-electron chi connectivity index (χ2n) is 25.4. The standard InChI is InChI=1S/C82H50B2N4O8/c89-79(93-43-47-19-5-1-6-20-47)51-39-61(81(91)95-45-49-23-9-3-10-24-49)69-57-37-35-53-55-27-17-29-59-73(55)87(83-63-31-13-15-33-65(63)85(67(69)41-51)75(57)71(53)83)77-60-30-18-28-56-54-36-38-58-70-62(82(92)96-46-50-25-11-4-12-26-50)40-52(80(90)94-44-48-21-7-2-8-22-48)42-68(70)86-66-34-16-14-32-64(66)84(72(54)76(58)86)88(74(56)60)78(59)77/h1-42H,43-46H2. The van der Waals surface area contributed by atoms with E-state index in [2.05, 4.69) is 127 Å². The Hall–Kier alpha value is -12.4. The van der Waals surface area contributed by atoms with Gasteiger partial charge in [-0.25, -0.2) is 19.2 Å². The van der Waals surface area contributed by atoms with Gasteiger partial charge in [0.25, 0.3) is 0 Å². The summed E-state index contributed by atoms with van der Waals surface area (Å²) < 4.78 is 34.1. The summed E-state index contributed by atoms with van der Waals surface area (Å²) in [5.41, 5.74) is 22.5. The first-order valence-corrected chi connectivity index (χ1v) is 32.3. The molecule has 452 valence electrons. The molecule has 96 heavy (non-hydrogen) atoms. The highest BCUT2D eigenvalue weighted by Crippen LogP contribution is 2.50. The fourth-order valence-corrected chi connectivity index (χ4v) is 16.4. The van der Waals surface area contributed by atoms with Crippen LogP contribution in [0.25, 0.3) is 110 Å². The summed E-state index contributed by atoms with van der Waals surface area (Å²) in [4.78, 5) is 58.9. The van der Waals surface area contributed by atoms with Crippen LogP contribution < -0.4 is 21.9 Å². The van der Waals surface area contributed by atoms with E-state index in [-0.39, 0.29) is 62.4 Å². The van der Waals surface area contributed by atoms with Gasteiger partial charge in [0.2, 0.25) is 0 Å². The SMILES string of the molecule is O=C(OCc1ccccc1)c1cc(C(=O)OCc2ccccc2)c2c3ccc4c5c3n(c2c1)-c1ccccc1B5n1c2c-4cccc2c2c1c1cccc3c1n2B1c2ccccc2-n2c4cc(C(=O)OCc5ccccc5)cc(C(=O)OCc5ccccc5)c4c4ccc-3c1c42. The average Bonchev–Trinajstić information content (AvgIpc) is 1.47. The molecule has 14 heteroatoms. The van der Waals surface area contributed by atoms with Crippen LogP contribution in [0.3, 0.4) is 0 Å². The molecule has 4 aromatic heterocycles. The van der Waals surface area contributed by atoms with Crippen LogP contribution in [0.1, 0.15) is 63.7 Å². The minimum atomic E-state index is -0.557. The fraction of sp³-hybridized carbons (Fsp3) is 0.0488. The first-order valence-electron chi connectivity index (χ1n) is 32.3. The van der Waals surface area contributed by atoms with E-state index in [9.17, 15) is 19.2 Å². The molecule has 0 N–H and O–H groups in total. The Morgan fingerprint density at radius 2 is 0.656 bits per heavy atom. The van der Waals surface area contributed by atoms with Gasteiger partial charge in [0.05, 0.1) is 55.4 Å². The van der Waals surface area contributed by atoms with Gasteiger partial charge >= 0.3 is 37.6 Å². The molecule has 8 heterocycles. The van der Waals surface area contributed by atoms with Crippen LogP contribution in [-0.2, 0) is 45.4 Å². The van der Waals surface area contributed by atoms with Gasteiger partial charge in [0.15, 0.2) is 0 Å². The van der Waals surface area contributed by atoms with Crippen molar-refractivity contribution in [3.8, 4) is 33.6 Å². The van der Waals surface area contributed by atoms with Crippen molar-refractivity contribution in [2.24, 2.45) is 0 Å². The molecule has 12 aromatic carbocycles. The molecule has 0 aliphatic carbocycles. The molecular formula is C82H50B2N4O8. The summed E-state index contributed by atoms with van der Waals surface area (Å²) in [6.45, 7) is -0.513. The second kappa shape index (κ2) is 20.5. The number of hydrogen-bond donors (Lipinski definition) is 0. The second-order valence-corrected chi connectivity index (χ2v) is 25.4. The van der Waals surface area contributed by atoms with Crippen molar-refractivity contribution >= 4 is 136 Å². The summed E-state index contributed by atoms with van der Waals surface area (Å²) in [5, 5.41) is 5.28. The number of para-hydroxylation sites is 4. The molecule has 0 bridgehead atoms. The first-order chi connectivity index (χ1) is 47.3. The van der Waals surface area contributed by atoms with Crippen LogP contribution in [0.2, 0.25) is 0 Å². The molecular weight excluding hydrogens is 1190 g/mol. The van der Waals surface area contributed by atoms with Gasteiger partial charge in [-0.3, -0.25) is 0 Å². The molecule has 0 unspecified atom stereocenters. The van der Waals surface area contributed by atoms with Crippen molar-refractivity contribution in [2.45, 2.75) is 26.4 Å². The van der Waals surface area contributed by atoms with E-state index in [1.807, 2.05) is 133 Å². The van der Waals surface area contributed by atoms with Gasteiger partial charge in [-0.15, -0.1) is 0 Å². The molecule has 16 aromatic rings. The third-order valence-electron chi connectivity index (χ3n) is 20.3. The predicted molar refractivity (Wildman–Crippen MR) is 378 cm³/mol. The largest absolute Gasteiger partial charge is 0.457 e. The summed E-state index contributed by atoms with van der Waals surface area (Å²) in [7, 11) is 0. The Labute approximate surface area is 548 Å². The summed E-state index contributed by atoms with van der Waals surface area (Å²) in [6.07, 6.45) is 0. The average molecular weight is 1240 g/mol. The Morgan fingerprint density at radius 3 is 1.04 bits per heavy atom. The zero-order valence-corrected chi connectivity index (χ0v) is 51.3. The van der Waals surface area contributed by atoms with Gasteiger partial charge in [0, 0.05) is 65.9 Å². The minimum absolute atomic E-state index is 0.0438. The monoisotopic (exact) mass is 1240 g/mol. The van der Waals surface area contributed by atoms with Crippen LogP contribution in [0.15, 0.2) is 255 Å². The molecule has 0 saturated carbocycles. The van der Waals surface area contributed by atoms with Crippen LogP contribution in [0, 0.1) is 0 Å². The molecule has 0 saturated heterocycles. The lowest BCUT2D eigenvalue weighted by Crippen LogP contribution is -2.55. The zero-order chi connectivity index (χ0) is 63.6. The number of rotatable bonds is 12. The van der Waals surface area contributed by atoms with Crippen molar-refractivity contribution in [3.63, 3.8) is 0 Å². The van der Waals surface area contributed by atoms with Crippen LogP contribution in [0.4, 0.5) is 0 Å². The third kappa shape index (κ3) is 7.63. The predicted octanol–water partition coefficient (Wildman–Crippen LogP) is 14.3. The number of carbonyl (C=O) groups excluding carboxylic acids is 4. The van der Waals surface area contributed by atoms with Gasteiger partial charge in [-0.1, -0.05) is 218 Å². The van der Waals surface area contributed by atoms with Crippen molar-refractivity contribution in [2.75, 3.05) is 0 Å². The topological polar surface area (TPSA) is 125 Å². The smallest absolute Gasteiger partial charge is 0.339 e. The summed E-state index contributed by atoms with van der Waals surface area (Å²) in [5.74, 6) is -2.22. The third-order valence-corrected chi connectivity index (χ3v) is 20.3. The number of fused-ring (bicyclic) bond motifs is 21. The molecule has 0 spiro atoms. The molecule has 20 rings (SSSR count). The van der Waals surface area contributed by atoms with Gasteiger partial charge in [0.1, 0.15) is 26.4 Å². The number of hydrogen-bond acceptors (Lipinski definition) is 8. The summed E-state index contributed by atoms with van der Waals surface area (Å²) in [6, 6.07) is 84.6. The Morgan fingerprint density at radius 1 is 0.302 bits per heavy atom.